The Balaban J connectivity index is 1.52. The molecule has 10 nitrogen and oxygen atoms in total. The third-order valence-corrected chi connectivity index (χ3v) is 10.7. The van der Waals surface area contributed by atoms with E-state index < -0.39 is 33.4 Å². The number of hydrogen-bond acceptors (Lipinski definition) is 8. The molecule has 3 saturated heterocycles. The van der Waals surface area contributed by atoms with Gasteiger partial charge in [0.05, 0.1) is 41.4 Å². The van der Waals surface area contributed by atoms with Crippen molar-refractivity contribution in [2.75, 3.05) is 13.2 Å². The Morgan fingerprint density at radius 1 is 1.30 bits per heavy atom. The van der Waals surface area contributed by atoms with Gasteiger partial charge < -0.3 is 20.1 Å². The Hall–Kier alpha value is -2.66. The van der Waals surface area contributed by atoms with E-state index in [1.807, 2.05) is 45.0 Å². The number of hydrogen-bond donors (Lipinski definition) is 2. The summed E-state index contributed by atoms with van der Waals surface area (Å²) in [4.78, 5) is 42.9. The van der Waals surface area contributed by atoms with Crippen LogP contribution in [0.2, 0.25) is 0 Å². The molecule has 2 bridgehead atoms. The monoisotopic (exact) mass is 529 g/mol. The highest BCUT2D eigenvalue weighted by Gasteiger charge is 2.78. The molecule has 0 aliphatic carbocycles. The molecule has 2 N–H and O–H groups in total. The fraction of sp³-hybridized carbons (Fsp3) is 0.654. The molecule has 3 aliphatic heterocycles. The Kier molecular flexibility index (Phi) is 6.72. The summed E-state index contributed by atoms with van der Waals surface area (Å²) < 4.78 is 5.80. The molecular formula is C26H35N5O5S. The molecule has 7 atom stereocenters. The zero-order chi connectivity index (χ0) is 26.5. The van der Waals surface area contributed by atoms with Crippen molar-refractivity contribution < 1.29 is 24.2 Å². The van der Waals surface area contributed by atoms with Crippen LogP contribution in [0.1, 0.15) is 47.0 Å². The van der Waals surface area contributed by atoms with E-state index in [0.717, 1.165) is 17.5 Å². The van der Waals surface area contributed by atoms with E-state index in [2.05, 4.69) is 15.6 Å². The van der Waals surface area contributed by atoms with Gasteiger partial charge in [0, 0.05) is 4.75 Å². The van der Waals surface area contributed by atoms with Crippen LogP contribution in [0.25, 0.3) is 11.0 Å². The van der Waals surface area contributed by atoms with Gasteiger partial charge >= 0.3 is 5.97 Å². The predicted octanol–water partition coefficient (Wildman–Crippen LogP) is 1.96. The van der Waals surface area contributed by atoms with E-state index in [1.54, 1.807) is 28.3 Å². The molecule has 2 aromatic rings. The molecule has 3 aliphatic rings. The van der Waals surface area contributed by atoms with Gasteiger partial charge in [0.2, 0.25) is 11.8 Å². The lowest BCUT2D eigenvalue weighted by molar-refractivity contribution is -0.155. The number of ether oxygens (including phenoxy) is 1. The summed E-state index contributed by atoms with van der Waals surface area (Å²) in [6.45, 7) is 7.82. The Morgan fingerprint density at radius 3 is 2.76 bits per heavy atom. The average Bonchev–Trinajstić information content (AvgIpc) is 3.59. The number of esters is 1. The summed E-state index contributed by atoms with van der Waals surface area (Å²) in [7, 11) is 0. The number of nitrogens with one attached hydrogen (secondary N) is 1. The van der Waals surface area contributed by atoms with Crippen LogP contribution >= 0.6 is 11.8 Å². The molecule has 200 valence electrons. The summed E-state index contributed by atoms with van der Waals surface area (Å²) in [5.74, 6) is -2.25. The molecule has 2 amide bonds. The highest BCUT2D eigenvalue weighted by atomic mass is 32.2. The van der Waals surface area contributed by atoms with E-state index in [9.17, 15) is 19.5 Å². The van der Waals surface area contributed by atoms with E-state index in [1.165, 1.54) is 0 Å². The summed E-state index contributed by atoms with van der Waals surface area (Å²) in [5.41, 5.74) is 1.51. The van der Waals surface area contributed by atoms with Crippen LogP contribution < -0.4 is 5.32 Å². The second-order valence-corrected chi connectivity index (χ2v) is 12.5. The largest absolute Gasteiger partial charge is 0.466 e. The van der Waals surface area contributed by atoms with Crippen LogP contribution in [-0.4, -0.2) is 77.6 Å². The van der Waals surface area contributed by atoms with Crippen molar-refractivity contribution in [1.82, 2.24) is 25.2 Å². The first-order chi connectivity index (χ1) is 17.7. The van der Waals surface area contributed by atoms with Crippen molar-refractivity contribution in [3.63, 3.8) is 0 Å². The first kappa shape index (κ1) is 26.0. The molecule has 0 saturated carbocycles. The molecule has 4 heterocycles. The maximum absolute atomic E-state index is 14.2. The maximum atomic E-state index is 14.2. The Bertz CT molecular complexity index is 1220. The van der Waals surface area contributed by atoms with Gasteiger partial charge in [0.1, 0.15) is 18.2 Å². The Morgan fingerprint density at radius 2 is 2.05 bits per heavy atom. The number of thioether (sulfide) groups is 1. The number of aromatic nitrogens is 3. The zero-order valence-corrected chi connectivity index (χ0v) is 22.5. The van der Waals surface area contributed by atoms with E-state index >= 15 is 0 Å². The lowest BCUT2D eigenvalue weighted by atomic mass is 9.66. The molecule has 37 heavy (non-hydrogen) atoms. The smallest absolute Gasteiger partial charge is 0.311 e. The van der Waals surface area contributed by atoms with Gasteiger partial charge in [-0.3, -0.25) is 14.4 Å². The normalized spacial score (nSPS) is 32.0. The second kappa shape index (κ2) is 9.58. The molecule has 1 aromatic heterocycles. The predicted molar refractivity (Wildman–Crippen MR) is 138 cm³/mol. The van der Waals surface area contributed by atoms with Crippen LogP contribution in [0.4, 0.5) is 0 Å². The second-order valence-electron chi connectivity index (χ2n) is 10.6. The van der Waals surface area contributed by atoms with Crippen molar-refractivity contribution in [2.24, 2.45) is 17.8 Å². The van der Waals surface area contributed by atoms with Crippen LogP contribution in [0.15, 0.2) is 24.3 Å². The minimum absolute atomic E-state index is 0.0300. The van der Waals surface area contributed by atoms with Crippen LogP contribution in [0.3, 0.4) is 0 Å². The minimum Gasteiger partial charge on any atom is -0.466 e. The summed E-state index contributed by atoms with van der Waals surface area (Å²) in [6, 6.07) is 6.13. The molecule has 2 unspecified atom stereocenters. The van der Waals surface area contributed by atoms with Crippen LogP contribution in [0.5, 0.6) is 0 Å². The lowest BCUT2D eigenvalue weighted by Crippen LogP contribution is -2.58. The minimum atomic E-state index is -0.822. The fourth-order valence-electron chi connectivity index (χ4n) is 6.71. The summed E-state index contributed by atoms with van der Waals surface area (Å²) >= 11 is 1.59. The van der Waals surface area contributed by atoms with Crippen molar-refractivity contribution >= 4 is 40.6 Å². The van der Waals surface area contributed by atoms with Gasteiger partial charge in [-0.25, -0.2) is 4.68 Å². The third kappa shape index (κ3) is 3.84. The van der Waals surface area contributed by atoms with Gasteiger partial charge in [-0.05, 0) is 44.7 Å². The van der Waals surface area contributed by atoms with Crippen molar-refractivity contribution in [1.29, 1.82) is 0 Å². The number of carbonyl (C=O) groups excluding carboxylic acids is 3. The first-order valence-electron chi connectivity index (χ1n) is 13.1. The average molecular weight is 530 g/mol. The number of carbonyl (C=O) groups is 3. The number of aliphatic hydroxyl groups excluding tert-OH is 1. The molecule has 11 heteroatoms. The van der Waals surface area contributed by atoms with Gasteiger partial charge in [-0.1, -0.05) is 37.6 Å². The number of para-hydroxylation sites is 1. The molecule has 5 rings (SSSR count). The fourth-order valence-corrected chi connectivity index (χ4v) is 9.04. The van der Waals surface area contributed by atoms with Gasteiger partial charge in [0.25, 0.3) is 0 Å². The molecule has 1 spiro atoms. The Labute approximate surface area is 220 Å². The van der Waals surface area contributed by atoms with E-state index in [4.69, 9.17) is 4.74 Å². The highest BCUT2D eigenvalue weighted by molar-refractivity contribution is 8.02. The quantitative estimate of drug-likeness (QED) is 0.472. The van der Waals surface area contributed by atoms with E-state index in [-0.39, 0.29) is 43.6 Å². The van der Waals surface area contributed by atoms with Crippen molar-refractivity contribution in [3.05, 3.63) is 24.3 Å². The molecule has 1 aromatic carbocycles. The maximum Gasteiger partial charge on any atom is 0.311 e. The molecule has 3 fully saturated rings. The molecule has 0 radical (unpaired) electrons. The summed E-state index contributed by atoms with van der Waals surface area (Å²) in [6.07, 6.45) is 2.08. The van der Waals surface area contributed by atoms with Gasteiger partial charge in [-0.2, -0.15) is 0 Å². The summed E-state index contributed by atoms with van der Waals surface area (Å²) in [5, 5.41) is 21.7. The molecular weight excluding hydrogens is 494 g/mol. The number of nitrogens with zero attached hydrogens (tertiary/aromatic N) is 4. The topological polar surface area (TPSA) is 127 Å². The first-order valence-corrected chi connectivity index (χ1v) is 13.9. The number of amides is 2. The number of fused-ring (bicyclic) bond motifs is 2. The standard InChI is InChI=1S/C26H35N5O5S/c1-5-15(3)18(13-32)31-21(22(33)27-14-30-17-10-8-7-9-16(17)28-29-30)26-12-11-25(4,37-26)20(19(26)23(31)34)24(35)36-6-2/h7-10,15,18-21,32H,5-6,11-14H2,1-4H3,(H,27,33)/t15-,18-,19-,20+,21?,25-,26?/m0/s1. The van der Waals surface area contributed by atoms with Gasteiger partial charge in [0.15, 0.2) is 0 Å². The SMILES string of the molecule is CCOC(=O)[C@H]1[C@H]2C(=O)N([C@@H](CO)[C@@H](C)CC)C(C(=O)NCn3nnc4ccccc43)C23CC[C@]1(C)S3. The lowest BCUT2D eigenvalue weighted by Gasteiger charge is -2.39. The van der Waals surface area contributed by atoms with E-state index in [0.29, 0.717) is 12.8 Å². The van der Waals surface area contributed by atoms with Crippen LogP contribution in [-0.2, 0) is 25.8 Å². The highest BCUT2D eigenvalue weighted by Crippen LogP contribution is 2.71. The number of aliphatic hydroxyl groups is 1. The van der Waals surface area contributed by atoms with Crippen LogP contribution in [0, 0.1) is 17.8 Å². The third-order valence-electron chi connectivity index (χ3n) is 8.67. The number of rotatable bonds is 9. The van der Waals surface area contributed by atoms with Crippen molar-refractivity contribution in [2.45, 2.75) is 75.2 Å². The number of likely N-dealkylation sites (tertiary alicyclic amines) is 1. The number of benzene rings is 1. The van der Waals surface area contributed by atoms with Gasteiger partial charge in [-0.15, -0.1) is 16.9 Å². The van der Waals surface area contributed by atoms with Crippen molar-refractivity contribution in [3.8, 4) is 0 Å². The zero-order valence-electron chi connectivity index (χ0n) is 21.7.